The third-order valence-corrected chi connectivity index (χ3v) is 9.44. The number of benzene rings is 3. The van der Waals surface area contributed by atoms with Crippen LogP contribution in [0.2, 0.25) is 0 Å². The highest BCUT2D eigenvalue weighted by Crippen LogP contribution is 2.35. The fourth-order valence-corrected chi connectivity index (χ4v) is 6.57. The Hall–Kier alpha value is -6.68. The number of carbonyl (C=O) groups is 3. The molecular weight excluding hydrogens is 694 g/mol. The summed E-state index contributed by atoms with van der Waals surface area (Å²) >= 11 is 0. The molecule has 7 rings (SSSR count). The molecule has 3 aromatic carbocycles. The third kappa shape index (κ3) is 6.69. The SMILES string of the molecule is CC(C)c1cc(-c2cccc3cc(-c4ccc(C(=O)NCC#Cc5c(F)ccc(OC6CCC(=O)NC6=O)c5F)nc4)ncc23)cc2c1n(C)c(=O)n2C. The Morgan fingerprint density at radius 1 is 1.00 bits per heavy atom. The summed E-state index contributed by atoms with van der Waals surface area (Å²) in [5.74, 6) is 0.959. The second-order valence-corrected chi connectivity index (χ2v) is 13.3. The minimum absolute atomic E-state index is 0.0308. The molecule has 0 aliphatic carbocycles. The second-order valence-electron chi connectivity index (χ2n) is 13.3. The van der Waals surface area contributed by atoms with Gasteiger partial charge in [0, 0.05) is 50.3 Å². The predicted molar refractivity (Wildman–Crippen MR) is 199 cm³/mol. The van der Waals surface area contributed by atoms with Crippen LogP contribution in [0.1, 0.15) is 54.2 Å². The molecule has 4 heterocycles. The van der Waals surface area contributed by atoms with Crippen LogP contribution in [0.5, 0.6) is 5.75 Å². The number of hydrogen-bond acceptors (Lipinski definition) is 7. The summed E-state index contributed by atoms with van der Waals surface area (Å²) in [5.41, 5.74) is 5.61. The smallest absolute Gasteiger partial charge is 0.328 e. The third-order valence-electron chi connectivity index (χ3n) is 9.44. The molecule has 1 saturated heterocycles. The molecule has 11 nitrogen and oxygen atoms in total. The average Bonchev–Trinajstić information content (AvgIpc) is 3.38. The van der Waals surface area contributed by atoms with E-state index in [1.807, 2.05) is 36.5 Å². The quantitative estimate of drug-likeness (QED) is 0.163. The molecule has 1 aliphatic heterocycles. The van der Waals surface area contributed by atoms with Crippen molar-refractivity contribution >= 4 is 39.5 Å². The number of hydrogen-bond donors (Lipinski definition) is 2. The van der Waals surface area contributed by atoms with Gasteiger partial charge in [-0.1, -0.05) is 43.9 Å². The molecule has 1 aliphatic rings. The maximum Gasteiger partial charge on any atom is 0.328 e. The van der Waals surface area contributed by atoms with Crippen molar-refractivity contribution in [2.24, 2.45) is 14.1 Å². The van der Waals surface area contributed by atoms with Crippen LogP contribution >= 0.6 is 0 Å². The number of amides is 3. The molecule has 0 spiro atoms. The first-order valence-corrected chi connectivity index (χ1v) is 17.2. The molecule has 1 atom stereocenters. The van der Waals surface area contributed by atoms with Crippen molar-refractivity contribution < 1.29 is 27.9 Å². The molecule has 3 aromatic heterocycles. The van der Waals surface area contributed by atoms with Gasteiger partial charge in [0.05, 0.1) is 28.8 Å². The van der Waals surface area contributed by atoms with E-state index in [0.717, 1.165) is 50.6 Å². The first kappa shape index (κ1) is 35.7. The number of fused-ring (bicyclic) bond motifs is 2. The Labute approximate surface area is 308 Å². The van der Waals surface area contributed by atoms with Gasteiger partial charge in [-0.2, -0.15) is 0 Å². The van der Waals surface area contributed by atoms with Crippen LogP contribution in [0.15, 0.2) is 77.9 Å². The van der Waals surface area contributed by atoms with Gasteiger partial charge in [-0.3, -0.25) is 38.8 Å². The predicted octanol–water partition coefficient (Wildman–Crippen LogP) is 5.52. The van der Waals surface area contributed by atoms with Gasteiger partial charge < -0.3 is 10.1 Å². The highest BCUT2D eigenvalue weighted by atomic mass is 19.1. The molecule has 1 unspecified atom stereocenters. The van der Waals surface area contributed by atoms with Crippen molar-refractivity contribution in [3.8, 4) is 40.0 Å². The van der Waals surface area contributed by atoms with Gasteiger partial charge in [0.15, 0.2) is 17.7 Å². The molecule has 0 radical (unpaired) electrons. The van der Waals surface area contributed by atoms with Crippen molar-refractivity contribution in [2.75, 3.05) is 6.54 Å². The highest BCUT2D eigenvalue weighted by Gasteiger charge is 2.29. The topological polar surface area (TPSA) is 137 Å². The summed E-state index contributed by atoms with van der Waals surface area (Å²) in [5, 5.41) is 6.56. The fourth-order valence-electron chi connectivity index (χ4n) is 6.57. The van der Waals surface area contributed by atoms with Gasteiger partial charge in [0.25, 0.3) is 11.8 Å². The Morgan fingerprint density at radius 3 is 2.56 bits per heavy atom. The lowest BCUT2D eigenvalue weighted by Gasteiger charge is -2.22. The number of aromatic nitrogens is 4. The van der Waals surface area contributed by atoms with Crippen LogP contribution in [0, 0.1) is 23.5 Å². The normalized spacial score (nSPS) is 14.2. The zero-order valence-corrected chi connectivity index (χ0v) is 29.8. The Kier molecular flexibility index (Phi) is 9.51. The standard InChI is InChI=1S/C41H34F2N6O5/c1-22(2)28-17-25(19-33-38(28)49(4)41(53)48(33)3)26-8-5-7-23-18-32(46-21-29(23)26)24-10-12-31(45-20-24)39(51)44-16-6-9-27-30(42)11-13-34(37(27)43)54-35-14-15-36(50)47-40(35)52/h5,7-8,10-13,17-22,35H,14-16H2,1-4H3,(H,44,51)(H,47,50,52). The van der Waals surface area contributed by atoms with Crippen LogP contribution in [0.25, 0.3) is 44.2 Å². The number of pyridine rings is 2. The average molecular weight is 729 g/mol. The molecule has 54 heavy (non-hydrogen) atoms. The number of aryl methyl sites for hydroxylation is 2. The number of nitrogens with zero attached hydrogens (tertiary/aromatic N) is 4. The second kappa shape index (κ2) is 14.4. The number of halogens is 2. The molecule has 2 N–H and O–H groups in total. The summed E-state index contributed by atoms with van der Waals surface area (Å²) in [6.45, 7) is 3.99. The van der Waals surface area contributed by atoms with Gasteiger partial charge in [-0.15, -0.1) is 0 Å². The maximum absolute atomic E-state index is 15.0. The lowest BCUT2D eigenvalue weighted by atomic mass is 9.93. The minimum Gasteiger partial charge on any atom is -0.477 e. The lowest BCUT2D eigenvalue weighted by Crippen LogP contribution is -2.46. The van der Waals surface area contributed by atoms with Crippen molar-refractivity contribution in [3.05, 3.63) is 112 Å². The van der Waals surface area contributed by atoms with E-state index in [-0.39, 0.29) is 42.4 Å². The number of rotatable bonds is 7. The van der Waals surface area contributed by atoms with Crippen molar-refractivity contribution in [2.45, 2.75) is 38.7 Å². The number of ether oxygens (including phenoxy) is 1. The number of imide groups is 1. The molecular formula is C41H34F2N6O5. The van der Waals surface area contributed by atoms with E-state index in [0.29, 0.717) is 11.3 Å². The van der Waals surface area contributed by atoms with E-state index in [1.54, 1.807) is 35.4 Å². The number of piperidine rings is 1. The molecule has 0 saturated carbocycles. The van der Waals surface area contributed by atoms with Crippen molar-refractivity contribution in [1.29, 1.82) is 0 Å². The zero-order valence-electron chi connectivity index (χ0n) is 29.8. The van der Waals surface area contributed by atoms with Crippen molar-refractivity contribution in [3.63, 3.8) is 0 Å². The maximum atomic E-state index is 15.0. The van der Waals surface area contributed by atoms with E-state index in [1.165, 1.54) is 6.20 Å². The number of imidazole rings is 1. The van der Waals surface area contributed by atoms with Gasteiger partial charge in [0.1, 0.15) is 11.5 Å². The van der Waals surface area contributed by atoms with Gasteiger partial charge >= 0.3 is 5.69 Å². The van der Waals surface area contributed by atoms with E-state index in [4.69, 9.17) is 9.72 Å². The Balaban J connectivity index is 1.05. The van der Waals surface area contributed by atoms with Gasteiger partial charge in [0.2, 0.25) is 5.91 Å². The van der Waals surface area contributed by atoms with E-state index >= 15 is 4.39 Å². The van der Waals surface area contributed by atoms with Crippen molar-refractivity contribution in [1.82, 2.24) is 29.7 Å². The van der Waals surface area contributed by atoms with E-state index < -0.39 is 41.0 Å². The summed E-state index contributed by atoms with van der Waals surface area (Å²) in [6, 6.07) is 17.4. The van der Waals surface area contributed by atoms with Crippen LogP contribution in [0.4, 0.5) is 8.78 Å². The molecule has 0 bridgehead atoms. The Morgan fingerprint density at radius 2 is 1.81 bits per heavy atom. The summed E-state index contributed by atoms with van der Waals surface area (Å²) in [4.78, 5) is 58.0. The monoisotopic (exact) mass is 728 g/mol. The summed E-state index contributed by atoms with van der Waals surface area (Å²) in [7, 11) is 3.58. The molecule has 1 fully saturated rings. The first-order valence-electron chi connectivity index (χ1n) is 17.2. The Bertz CT molecular complexity index is 2640. The largest absolute Gasteiger partial charge is 0.477 e. The van der Waals surface area contributed by atoms with Gasteiger partial charge in [-0.25, -0.2) is 13.6 Å². The molecule has 6 aromatic rings. The van der Waals surface area contributed by atoms with E-state index in [2.05, 4.69) is 47.4 Å². The molecule has 272 valence electrons. The van der Waals surface area contributed by atoms with Crippen LogP contribution in [-0.4, -0.2) is 49.5 Å². The number of nitrogens with one attached hydrogen (secondary N) is 2. The van der Waals surface area contributed by atoms with Crippen LogP contribution in [-0.2, 0) is 23.7 Å². The lowest BCUT2D eigenvalue weighted by molar-refractivity contribution is -0.138. The minimum atomic E-state index is -1.11. The summed E-state index contributed by atoms with van der Waals surface area (Å²) < 4.78 is 38.2. The first-order chi connectivity index (χ1) is 25.9. The van der Waals surface area contributed by atoms with Crippen LogP contribution in [0.3, 0.4) is 0 Å². The zero-order chi connectivity index (χ0) is 38.3. The summed E-state index contributed by atoms with van der Waals surface area (Å²) in [6.07, 6.45) is 2.33. The number of carbonyl (C=O) groups excluding carboxylic acids is 3. The van der Waals surface area contributed by atoms with Crippen LogP contribution < -0.4 is 21.1 Å². The highest BCUT2D eigenvalue weighted by molar-refractivity contribution is 6.01. The molecule has 13 heteroatoms. The van der Waals surface area contributed by atoms with E-state index in [9.17, 15) is 23.6 Å². The fraction of sp³-hybridized carbons (Fsp3) is 0.220. The van der Waals surface area contributed by atoms with Gasteiger partial charge in [-0.05, 0) is 70.5 Å². The molecule has 3 amide bonds.